The Labute approximate surface area is 78.6 Å². The minimum atomic E-state index is -0.292. The summed E-state index contributed by atoms with van der Waals surface area (Å²) in [5, 5.41) is 9.23. The van der Waals surface area contributed by atoms with Gasteiger partial charge in [0.1, 0.15) is 3.95 Å². The molecule has 11 heavy (non-hydrogen) atoms. The summed E-state index contributed by atoms with van der Waals surface area (Å²) >= 11 is 3.45. The molecule has 0 saturated carbocycles. The minimum Gasteiger partial charge on any atom is -0.155 e. The van der Waals surface area contributed by atoms with Crippen LogP contribution in [0.1, 0.15) is 27.7 Å². The molecule has 0 amide bonds. The predicted octanol–water partition coefficient (Wildman–Crippen LogP) is 2.88. The lowest BCUT2D eigenvalue weighted by molar-refractivity contribution is 0.806. The highest BCUT2D eigenvalue weighted by atomic mass is 79.9. The van der Waals surface area contributed by atoms with Gasteiger partial charge in [-0.15, -0.1) is 10.2 Å². The molecule has 0 aliphatic carbocycles. The van der Waals surface area contributed by atoms with Crippen LogP contribution in [0.3, 0.4) is 0 Å². The topological polar surface area (TPSA) is 24.7 Å². The molecule has 1 heterocycles. The Balaban J connectivity index is 2.89. The Kier molecular flexibility index (Phi) is 2.44. The largest absolute Gasteiger partial charge is 0.155 e. The molecular weight excluding hydrogens is 224 g/mol. The zero-order valence-corrected chi connectivity index (χ0v) is 9.70. The molecule has 0 aromatic heterocycles. The lowest BCUT2D eigenvalue weighted by Crippen LogP contribution is -2.20. The molecule has 1 aliphatic heterocycles. The van der Waals surface area contributed by atoms with E-state index in [0.717, 1.165) is 3.95 Å². The molecule has 0 spiro atoms. The summed E-state index contributed by atoms with van der Waals surface area (Å²) in [6, 6.07) is 0. The third kappa shape index (κ3) is 1.85. The van der Waals surface area contributed by atoms with Gasteiger partial charge in [0, 0.05) is 0 Å². The van der Waals surface area contributed by atoms with Crippen LogP contribution in [-0.2, 0) is 0 Å². The summed E-state index contributed by atoms with van der Waals surface area (Å²) in [5.74, 6) is 0. The highest BCUT2D eigenvalue weighted by molar-refractivity contribution is 9.23. The number of halogens is 1. The van der Waals surface area contributed by atoms with Crippen molar-refractivity contribution in [3.8, 4) is 0 Å². The van der Waals surface area contributed by atoms with E-state index < -0.39 is 0 Å². The molecule has 0 saturated heterocycles. The van der Waals surface area contributed by atoms with Crippen molar-refractivity contribution < 1.29 is 0 Å². The van der Waals surface area contributed by atoms with Gasteiger partial charge in [-0.1, -0.05) is 20.8 Å². The first-order valence-corrected chi connectivity index (χ1v) is 5.64. The van der Waals surface area contributed by atoms with Crippen LogP contribution in [0.5, 0.6) is 0 Å². The third-order valence-corrected chi connectivity index (χ3v) is 5.22. The maximum atomic E-state index is 4.05. The van der Waals surface area contributed by atoms with Gasteiger partial charge in [-0.05, 0) is 27.6 Å². The third-order valence-electron chi connectivity index (χ3n) is 1.46. The van der Waals surface area contributed by atoms with Crippen molar-refractivity contribution in [3.05, 3.63) is 0 Å². The molecule has 0 fully saturated rings. The van der Waals surface area contributed by atoms with Crippen molar-refractivity contribution in [1.29, 1.82) is 0 Å². The molecule has 1 atom stereocenters. The van der Waals surface area contributed by atoms with Crippen LogP contribution in [0.15, 0.2) is 10.2 Å². The smallest absolute Gasteiger partial charge is 0.147 e. The molecule has 2 nitrogen and oxygen atoms in total. The lowest BCUT2D eigenvalue weighted by atomic mass is 10.3. The van der Waals surface area contributed by atoms with Gasteiger partial charge in [0.05, 0.1) is 5.04 Å². The van der Waals surface area contributed by atoms with Crippen molar-refractivity contribution in [1.82, 2.24) is 0 Å². The van der Waals surface area contributed by atoms with E-state index >= 15 is 0 Å². The van der Waals surface area contributed by atoms with Crippen molar-refractivity contribution in [2.45, 2.75) is 32.4 Å². The van der Waals surface area contributed by atoms with Crippen molar-refractivity contribution >= 4 is 35.8 Å². The van der Waals surface area contributed by atoms with Crippen LogP contribution >= 0.6 is 26.8 Å². The van der Waals surface area contributed by atoms with Crippen LogP contribution in [-0.4, -0.2) is 13.7 Å². The van der Waals surface area contributed by atoms with Crippen LogP contribution < -0.4 is 0 Å². The summed E-state index contributed by atoms with van der Waals surface area (Å²) in [6.45, 7) is 8.72. The molecule has 0 N–H and O–H groups in total. The lowest BCUT2D eigenvalue weighted by Gasteiger charge is -2.30. The van der Waals surface area contributed by atoms with Gasteiger partial charge in [0.2, 0.25) is 0 Å². The first kappa shape index (κ1) is 9.26. The van der Waals surface area contributed by atoms with E-state index in [4.69, 9.17) is 0 Å². The van der Waals surface area contributed by atoms with Crippen molar-refractivity contribution in [2.75, 3.05) is 0 Å². The van der Waals surface area contributed by atoms with Crippen LogP contribution in [0.25, 0.3) is 0 Å². The van der Waals surface area contributed by atoms with Crippen molar-refractivity contribution in [3.63, 3.8) is 0 Å². The Morgan fingerprint density at radius 3 is 2.00 bits per heavy atom. The summed E-state index contributed by atoms with van der Waals surface area (Å²) in [7, 11) is -0.292. The molecule has 0 radical (unpaired) electrons. The molecule has 1 rings (SSSR count). The molecule has 0 aromatic rings. The molecule has 0 aromatic carbocycles. The van der Waals surface area contributed by atoms with Crippen LogP contribution in [0.2, 0.25) is 0 Å². The molecular formula is C7H13BrN2S. The Bertz CT molecular complexity index is 209. The fourth-order valence-corrected chi connectivity index (χ4v) is 5.60. The van der Waals surface area contributed by atoms with Gasteiger partial charge in [-0.2, -0.15) is 10.9 Å². The highest BCUT2D eigenvalue weighted by Crippen LogP contribution is 2.47. The Hall–Kier alpha value is 0.170. The SMILES string of the molecule is CC1=NN=C(Br)[SH]1C(C)(C)C. The monoisotopic (exact) mass is 236 g/mol. The van der Waals surface area contributed by atoms with E-state index in [0.29, 0.717) is 0 Å². The predicted molar refractivity (Wildman–Crippen MR) is 58.2 cm³/mol. The quantitative estimate of drug-likeness (QED) is 0.626. The summed E-state index contributed by atoms with van der Waals surface area (Å²) in [5.41, 5.74) is 0. The van der Waals surface area contributed by atoms with E-state index in [1.807, 2.05) is 0 Å². The van der Waals surface area contributed by atoms with E-state index in [-0.39, 0.29) is 15.6 Å². The first-order chi connectivity index (χ1) is 4.93. The van der Waals surface area contributed by atoms with E-state index in [9.17, 15) is 0 Å². The number of hydrogen-bond donors (Lipinski definition) is 1. The Morgan fingerprint density at radius 1 is 1.27 bits per heavy atom. The van der Waals surface area contributed by atoms with Gasteiger partial charge < -0.3 is 0 Å². The zero-order chi connectivity index (χ0) is 8.65. The standard InChI is InChI=1S/C7H13BrN2S/c1-5-9-10-6(8)11(5)7(2,3)4/h11H,1-4H3. The number of thiol groups is 1. The molecule has 4 heteroatoms. The summed E-state index contributed by atoms with van der Waals surface area (Å²) in [6.07, 6.45) is 0. The van der Waals surface area contributed by atoms with Crippen molar-refractivity contribution in [2.24, 2.45) is 10.2 Å². The minimum absolute atomic E-state index is 0.280. The average Bonchev–Trinajstić information content (AvgIpc) is 2.08. The van der Waals surface area contributed by atoms with Crippen LogP contribution in [0, 0.1) is 0 Å². The van der Waals surface area contributed by atoms with Gasteiger partial charge >= 0.3 is 0 Å². The first-order valence-electron chi connectivity index (χ1n) is 3.51. The van der Waals surface area contributed by atoms with E-state index in [1.54, 1.807) is 0 Å². The molecule has 64 valence electrons. The van der Waals surface area contributed by atoms with Gasteiger partial charge in [-0.3, -0.25) is 0 Å². The van der Waals surface area contributed by atoms with E-state index in [1.165, 1.54) is 5.04 Å². The molecule has 1 aliphatic rings. The summed E-state index contributed by atoms with van der Waals surface area (Å²) < 4.78 is 1.30. The second kappa shape index (κ2) is 2.90. The van der Waals surface area contributed by atoms with Gasteiger partial charge in [0.25, 0.3) is 0 Å². The van der Waals surface area contributed by atoms with Gasteiger partial charge in [-0.25, -0.2) is 0 Å². The average molecular weight is 237 g/mol. The number of nitrogens with zero attached hydrogens (tertiary/aromatic N) is 2. The summed E-state index contributed by atoms with van der Waals surface area (Å²) in [4.78, 5) is 0. The molecule has 1 unspecified atom stereocenters. The second-order valence-corrected chi connectivity index (χ2v) is 7.97. The van der Waals surface area contributed by atoms with Crippen LogP contribution in [0.4, 0.5) is 0 Å². The fraction of sp³-hybridized carbons (Fsp3) is 0.714. The maximum Gasteiger partial charge on any atom is 0.147 e. The fourth-order valence-electron chi connectivity index (χ4n) is 1.10. The molecule has 0 bridgehead atoms. The number of rotatable bonds is 0. The Morgan fingerprint density at radius 2 is 1.82 bits per heavy atom. The zero-order valence-electron chi connectivity index (χ0n) is 7.22. The second-order valence-electron chi connectivity index (χ2n) is 3.52. The number of hydrogen-bond acceptors (Lipinski definition) is 2. The normalized spacial score (nSPS) is 28.3. The highest BCUT2D eigenvalue weighted by Gasteiger charge is 2.29. The van der Waals surface area contributed by atoms with Gasteiger partial charge in [0.15, 0.2) is 0 Å². The van der Waals surface area contributed by atoms with E-state index in [2.05, 4.69) is 53.8 Å². The maximum absolute atomic E-state index is 4.05.